The minimum atomic E-state index is -1.41. The number of halogens is 2. The molecule has 0 N–H and O–H groups in total. The van der Waals surface area contributed by atoms with Crippen LogP contribution in [0.2, 0.25) is 0 Å². The first-order valence-corrected chi connectivity index (χ1v) is 10.0. The summed E-state index contributed by atoms with van der Waals surface area (Å²) in [6.07, 6.45) is 3.29. The Bertz CT molecular complexity index is 1020. The van der Waals surface area contributed by atoms with Gasteiger partial charge in [-0.15, -0.1) is 0 Å². The van der Waals surface area contributed by atoms with Crippen LogP contribution in [-0.4, -0.2) is 19.7 Å². The van der Waals surface area contributed by atoms with Gasteiger partial charge in [-0.3, -0.25) is 0 Å². The third kappa shape index (κ3) is 4.81. The van der Waals surface area contributed by atoms with Crippen LogP contribution in [0.4, 0.5) is 8.78 Å². The average molecular weight is 400 g/mol. The fourth-order valence-corrected chi connectivity index (χ4v) is 3.20. The van der Waals surface area contributed by atoms with E-state index < -0.39 is 27.4 Å². The van der Waals surface area contributed by atoms with Crippen LogP contribution in [-0.2, 0) is 17.5 Å². The van der Waals surface area contributed by atoms with Gasteiger partial charge in [-0.05, 0) is 50.6 Å². The van der Waals surface area contributed by atoms with Gasteiger partial charge in [0.05, 0.1) is 16.7 Å². The van der Waals surface area contributed by atoms with Crippen molar-refractivity contribution in [1.82, 2.24) is 4.57 Å². The van der Waals surface area contributed by atoms with E-state index in [1.807, 2.05) is 55.7 Å². The van der Waals surface area contributed by atoms with E-state index in [1.54, 1.807) is 12.3 Å². The second kappa shape index (κ2) is 8.19. The molecule has 0 amide bonds. The highest BCUT2D eigenvalue weighted by atomic mass is 32.2. The van der Waals surface area contributed by atoms with Crippen LogP contribution in [0.25, 0.3) is 11.1 Å². The van der Waals surface area contributed by atoms with Crippen LogP contribution in [0.5, 0.6) is 0 Å². The van der Waals surface area contributed by atoms with E-state index in [-0.39, 0.29) is 5.56 Å². The third-order valence-electron chi connectivity index (χ3n) is 4.17. The van der Waals surface area contributed by atoms with E-state index >= 15 is 0 Å². The molecule has 6 heteroatoms. The van der Waals surface area contributed by atoms with Crippen LogP contribution in [0.3, 0.4) is 0 Å². The third-order valence-corrected chi connectivity index (χ3v) is 5.51. The van der Waals surface area contributed by atoms with Crippen LogP contribution in [0, 0.1) is 11.6 Å². The number of hydrogen-bond donors (Lipinski definition) is 0. The van der Waals surface area contributed by atoms with Crippen LogP contribution in [0.1, 0.15) is 32.0 Å². The fourth-order valence-electron chi connectivity index (χ4n) is 2.68. The molecule has 0 unspecified atom stereocenters. The van der Waals surface area contributed by atoms with Gasteiger partial charge < -0.3 is 4.57 Å². The molecule has 1 aromatic heterocycles. The van der Waals surface area contributed by atoms with Gasteiger partial charge in [0.2, 0.25) is 0 Å². The van der Waals surface area contributed by atoms with Crippen molar-refractivity contribution in [2.45, 2.75) is 32.1 Å². The summed E-state index contributed by atoms with van der Waals surface area (Å²) in [6.45, 7) is 6.06. The lowest BCUT2D eigenvalue weighted by Gasteiger charge is -2.13. The van der Waals surface area contributed by atoms with E-state index in [1.165, 1.54) is 12.3 Å². The zero-order valence-electron chi connectivity index (χ0n) is 16.0. The zero-order chi connectivity index (χ0) is 20.3. The zero-order valence-corrected chi connectivity index (χ0v) is 16.8. The van der Waals surface area contributed by atoms with Gasteiger partial charge in [-0.1, -0.05) is 30.3 Å². The molecule has 0 radical (unpaired) electrons. The Morgan fingerprint density at radius 3 is 2.46 bits per heavy atom. The summed E-state index contributed by atoms with van der Waals surface area (Å²) < 4.78 is 45.7. The molecular formula is C22H22F2N2OS. The summed E-state index contributed by atoms with van der Waals surface area (Å²) in [5, 5.41) is 0. The predicted molar refractivity (Wildman–Crippen MR) is 111 cm³/mol. The molecular weight excluding hydrogens is 378 g/mol. The highest BCUT2D eigenvalue weighted by Crippen LogP contribution is 2.26. The van der Waals surface area contributed by atoms with Crippen LogP contribution >= 0.6 is 0 Å². The molecule has 1 atom stereocenters. The fraction of sp³-hybridized carbons (Fsp3) is 0.227. The van der Waals surface area contributed by atoms with Crippen molar-refractivity contribution in [2.75, 3.05) is 0 Å². The SMILES string of the molecule is CC(C)(C)[S@@](=O)N=Cc1cc(-c2cc(F)ccc2F)cn1Cc1ccccc1. The van der Waals surface area contributed by atoms with Crippen molar-refractivity contribution >= 4 is 17.2 Å². The van der Waals surface area contributed by atoms with E-state index in [2.05, 4.69) is 4.40 Å². The van der Waals surface area contributed by atoms with Crippen molar-refractivity contribution < 1.29 is 13.0 Å². The first kappa shape index (κ1) is 20.1. The smallest absolute Gasteiger partial charge is 0.144 e. The van der Waals surface area contributed by atoms with Crippen LogP contribution in [0.15, 0.2) is 65.2 Å². The molecule has 0 aliphatic heterocycles. The Labute approximate surface area is 166 Å². The first-order chi connectivity index (χ1) is 13.2. The monoisotopic (exact) mass is 400 g/mol. The number of nitrogens with zero attached hydrogens (tertiary/aromatic N) is 2. The molecule has 0 saturated carbocycles. The highest BCUT2D eigenvalue weighted by Gasteiger charge is 2.19. The normalized spacial score (nSPS) is 13.2. The number of rotatable bonds is 5. The van der Waals surface area contributed by atoms with Gasteiger partial charge in [-0.2, -0.15) is 4.40 Å². The maximum absolute atomic E-state index is 14.2. The van der Waals surface area contributed by atoms with E-state index in [4.69, 9.17) is 0 Å². The molecule has 0 aliphatic carbocycles. The molecule has 3 rings (SSSR count). The van der Waals surface area contributed by atoms with Crippen molar-refractivity contribution in [3.8, 4) is 11.1 Å². The molecule has 0 saturated heterocycles. The average Bonchev–Trinajstić information content (AvgIpc) is 3.04. The van der Waals surface area contributed by atoms with E-state index in [0.717, 1.165) is 17.7 Å². The second-order valence-corrected chi connectivity index (χ2v) is 9.42. The van der Waals surface area contributed by atoms with Gasteiger partial charge in [0.1, 0.15) is 22.6 Å². The van der Waals surface area contributed by atoms with E-state index in [0.29, 0.717) is 17.8 Å². The Balaban J connectivity index is 2.03. The largest absolute Gasteiger partial charge is 0.342 e. The van der Waals surface area contributed by atoms with Gasteiger partial charge in [0.25, 0.3) is 0 Å². The Morgan fingerprint density at radius 1 is 1.07 bits per heavy atom. The second-order valence-electron chi connectivity index (χ2n) is 7.49. The Kier molecular flexibility index (Phi) is 5.89. The topological polar surface area (TPSA) is 34.4 Å². The van der Waals surface area contributed by atoms with Crippen molar-refractivity contribution in [1.29, 1.82) is 0 Å². The lowest BCUT2D eigenvalue weighted by molar-refractivity contribution is 0.603. The highest BCUT2D eigenvalue weighted by molar-refractivity contribution is 7.85. The van der Waals surface area contributed by atoms with E-state index in [9.17, 15) is 13.0 Å². The first-order valence-electron chi connectivity index (χ1n) is 8.89. The predicted octanol–water partition coefficient (Wildman–Crippen LogP) is 5.36. The van der Waals surface area contributed by atoms with Crippen molar-refractivity contribution in [2.24, 2.45) is 4.40 Å². The van der Waals surface area contributed by atoms with Gasteiger partial charge in [0.15, 0.2) is 0 Å². The number of aromatic nitrogens is 1. The lowest BCUT2D eigenvalue weighted by atomic mass is 10.1. The number of benzene rings is 2. The molecule has 2 aromatic carbocycles. The molecule has 0 aliphatic rings. The summed E-state index contributed by atoms with van der Waals surface area (Å²) in [4.78, 5) is 0. The lowest BCUT2D eigenvalue weighted by Crippen LogP contribution is -2.19. The molecule has 0 bridgehead atoms. The minimum Gasteiger partial charge on any atom is -0.342 e. The molecule has 0 spiro atoms. The van der Waals surface area contributed by atoms with Gasteiger partial charge in [-0.25, -0.2) is 13.0 Å². The minimum absolute atomic E-state index is 0.179. The molecule has 3 nitrogen and oxygen atoms in total. The van der Waals surface area contributed by atoms with Gasteiger partial charge >= 0.3 is 0 Å². The molecule has 0 fully saturated rings. The van der Waals surface area contributed by atoms with Gasteiger partial charge in [0, 0.05) is 23.9 Å². The van der Waals surface area contributed by atoms with Crippen LogP contribution < -0.4 is 0 Å². The van der Waals surface area contributed by atoms with Crippen molar-refractivity contribution in [3.05, 3.63) is 83.7 Å². The summed E-state index contributed by atoms with van der Waals surface area (Å²) in [5.41, 5.74) is 2.44. The summed E-state index contributed by atoms with van der Waals surface area (Å²) in [5.74, 6) is -1.00. The number of hydrogen-bond acceptors (Lipinski definition) is 1. The summed E-state index contributed by atoms with van der Waals surface area (Å²) >= 11 is 0. The summed E-state index contributed by atoms with van der Waals surface area (Å²) in [6, 6.07) is 14.9. The molecule has 146 valence electrons. The molecule has 1 heterocycles. The maximum atomic E-state index is 14.2. The quantitative estimate of drug-likeness (QED) is 0.531. The van der Waals surface area contributed by atoms with Crippen molar-refractivity contribution in [3.63, 3.8) is 0 Å². The standard InChI is InChI=1S/C22H22F2N2OS/c1-22(2,3)28(27)25-13-19-11-17(20-12-18(23)9-10-21(20)24)15-26(19)14-16-7-5-4-6-8-16/h4-13,15H,14H2,1-3H3/t28-/m1/s1. The summed E-state index contributed by atoms with van der Waals surface area (Å²) in [7, 11) is -1.41. The Hall–Kier alpha value is -2.60. The molecule has 3 aromatic rings. The Morgan fingerprint density at radius 2 is 1.79 bits per heavy atom. The molecule has 28 heavy (non-hydrogen) atoms. The maximum Gasteiger partial charge on any atom is 0.144 e.